The molecule has 2 N–H and O–H groups in total. The van der Waals surface area contributed by atoms with Crippen molar-refractivity contribution in [2.75, 3.05) is 13.2 Å². The summed E-state index contributed by atoms with van der Waals surface area (Å²) in [6, 6.07) is 4.26. The molecule has 2 rings (SSSR count). The molecule has 1 aliphatic heterocycles. The number of hydrogen-bond donors (Lipinski definition) is 2. The van der Waals surface area contributed by atoms with Crippen molar-refractivity contribution in [3.63, 3.8) is 0 Å². The molecule has 0 spiro atoms. The van der Waals surface area contributed by atoms with E-state index in [4.69, 9.17) is 9.47 Å². The Morgan fingerprint density at radius 2 is 2.24 bits per heavy atom. The molecule has 6 nitrogen and oxygen atoms in total. The molecule has 118 valence electrons. The molecule has 1 saturated heterocycles. The van der Waals surface area contributed by atoms with E-state index in [-0.39, 0.29) is 23.6 Å². The average Bonchev–Trinajstić information content (AvgIpc) is 2.84. The lowest BCUT2D eigenvalue weighted by Crippen LogP contribution is -2.39. The number of nitrogens with one attached hydrogen (secondary N) is 1. The lowest BCUT2D eigenvalue weighted by molar-refractivity contribution is 0.117. The zero-order valence-corrected chi connectivity index (χ0v) is 13.0. The van der Waals surface area contributed by atoms with Crippen LogP contribution in [0.25, 0.3) is 0 Å². The molecule has 0 saturated carbocycles. The molecule has 0 radical (unpaired) electrons. The summed E-state index contributed by atoms with van der Waals surface area (Å²) in [5.74, 6) is 0.497. The van der Waals surface area contributed by atoms with Crippen molar-refractivity contribution in [2.24, 2.45) is 0 Å². The van der Waals surface area contributed by atoms with Crippen molar-refractivity contribution in [2.45, 2.75) is 43.9 Å². The van der Waals surface area contributed by atoms with Crippen LogP contribution in [0, 0.1) is 0 Å². The van der Waals surface area contributed by atoms with Gasteiger partial charge in [0.2, 0.25) is 10.0 Å². The van der Waals surface area contributed by atoms with Gasteiger partial charge in [-0.05, 0) is 38.5 Å². The van der Waals surface area contributed by atoms with Gasteiger partial charge in [-0.1, -0.05) is 0 Å². The maximum atomic E-state index is 12.4. The average molecular weight is 315 g/mol. The van der Waals surface area contributed by atoms with Crippen LogP contribution in [0.2, 0.25) is 0 Å². The van der Waals surface area contributed by atoms with Gasteiger partial charge in [0.1, 0.15) is 5.75 Å². The van der Waals surface area contributed by atoms with E-state index in [1.54, 1.807) is 6.07 Å². The second-order valence-corrected chi connectivity index (χ2v) is 6.67. The smallest absolute Gasteiger partial charge is 0.240 e. The van der Waals surface area contributed by atoms with Gasteiger partial charge in [-0.15, -0.1) is 0 Å². The van der Waals surface area contributed by atoms with Gasteiger partial charge < -0.3 is 14.6 Å². The Bertz CT molecular complexity index is 587. The minimum atomic E-state index is -3.64. The number of sulfonamides is 1. The third-order valence-electron chi connectivity index (χ3n) is 3.50. The van der Waals surface area contributed by atoms with E-state index in [1.165, 1.54) is 12.1 Å². The minimum absolute atomic E-state index is 0.120. The second-order valence-electron chi connectivity index (χ2n) is 4.95. The first-order valence-corrected chi connectivity index (χ1v) is 8.46. The third kappa shape index (κ3) is 3.74. The Balaban J connectivity index is 2.23. The summed E-state index contributed by atoms with van der Waals surface area (Å²) in [5, 5.41) is 9.35. The highest BCUT2D eigenvalue weighted by molar-refractivity contribution is 7.89. The van der Waals surface area contributed by atoms with Crippen LogP contribution in [0.15, 0.2) is 23.1 Å². The molecule has 21 heavy (non-hydrogen) atoms. The SMILES string of the molecule is CCOc1ccc(S(=O)(=O)NC2CCOC2C)cc1CO. The maximum Gasteiger partial charge on any atom is 0.240 e. The van der Waals surface area contributed by atoms with Crippen molar-refractivity contribution in [1.29, 1.82) is 0 Å². The van der Waals surface area contributed by atoms with Gasteiger partial charge in [0.15, 0.2) is 0 Å². The topological polar surface area (TPSA) is 84.9 Å². The first-order chi connectivity index (χ1) is 9.97. The molecular formula is C14H21NO5S. The van der Waals surface area contributed by atoms with E-state index in [1.807, 2.05) is 13.8 Å². The number of aliphatic hydroxyl groups excluding tert-OH is 1. The van der Waals surface area contributed by atoms with Crippen LogP contribution in [0.1, 0.15) is 25.8 Å². The number of aliphatic hydroxyl groups is 1. The van der Waals surface area contributed by atoms with Crippen LogP contribution >= 0.6 is 0 Å². The van der Waals surface area contributed by atoms with Crippen LogP contribution in [0.3, 0.4) is 0 Å². The predicted molar refractivity (Wildman–Crippen MR) is 77.7 cm³/mol. The molecule has 1 aliphatic rings. The zero-order chi connectivity index (χ0) is 15.5. The largest absolute Gasteiger partial charge is 0.494 e. The quantitative estimate of drug-likeness (QED) is 0.819. The molecule has 1 fully saturated rings. The lowest BCUT2D eigenvalue weighted by Gasteiger charge is -2.17. The van der Waals surface area contributed by atoms with Gasteiger partial charge in [-0.25, -0.2) is 13.1 Å². The molecule has 7 heteroatoms. The Morgan fingerprint density at radius 3 is 2.81 bits per heavy atom. The molecular weight excluding hydrogens is 294 g/mol. The monoisotopic (exact) mass is 315 g/mol. The summed E-state index contributed by atoms with van der Waals surface area (Å²) in [6.07, 6.45) is 0.518. The van der Waals surface area contributed by atoms with E-state index in [9.17, 15) is 13.5 Å². The molecule has 1 aromatic carbocycles. The summed E-state index contributed by atoms with van der Waals surface area (Å²) in [7, 11) is -3.64. The van der Waals surface area contributed by atoms with Crippen molar-refractivity contribution >= 4 is 10.0 Å². The Labute approximate surface area is 125 Å². The summed E-state index contributed by atoms with van der Waals surface area (Å²) >= 11 is 0. The van der Waals surface area contributed by atoms with Crippen molar-refractivity contribution in [3.8, 4) is 5.75 Å². The van der Waals surface area contributed by atoms with Crippen molar-refractivity contribution in [3.05, 3.63) is 23.8 Å². The van der Waals surface area contributed by atoms with E-state index in [0.29, 0.717) is 30.9 Å². The minimum Gasteiger partial charge on any atom is -0.494 e. The third-order valence-corrected chi connectivity index (χ3v) is 4.98. The molecule has 0 aliphatic carbocycles. The second kappa shape index (κ2) is 6.74. The van der Waals surface area contributed by atoms with Crippen LogP contribution in [-0.2, 0) is 21.4 Å². The molecule has 1 heterocycles. The van der Waals surface area contributed by atoms with Gasteiger partial charge in [0.05, 0.1) is 30.3 Å². The van der Waals surface area contributed by atoms with Gasteiger partial charge >= 0.3 is 0 Å². The number of ether oxygens (including phenoxy) is 2. The summed E-state index contributed by atoms with van der Waals surface area (Å²) in [6.45, 7) is 4.40. The summed E-state index contributed by atoms with van der Waals surface area (Å²) < 4.78 is 38.1. The van der Waals surface area contributed by atoms with Crippen LogP contribution in [0.4, 0.5) is 0 Å². The first kappa shape index (κ1) is 16.2. The zero-order valence-electron chi connectivity index (χ0n) is 12.2. The molecule has 0 bridgehead atoms. The van der Waals surface area contributed by atoms with E-state index < -0.39 is 10.0 Å². The van der Waals surface area contributed by atoms with Crippen LogP contribution in [0.5, 0.6) is 5.75 Å². The summed E-state index contributed by atoms with van der Waals surface area (Å²) in [4.78, 5) is 0.120. The van der Waals surface area contributed by atoms with E-state index in [0.717, 1.165) is 0 Å². The predicted octanol–water partition coefficient (Wildman–Crippen LogP) is 1.03. The Kier molecular flexibility index (Phi) is 5.21. The van der Waals surface area contributed by atoms with Crippen LogP contribution in [-0.4, -0.2) is 38.9 Å². The first-order valence-electron chi connectivity index (χ1n) is 6.98. The van der Waals surface area contributed by atoms with Crippen molar-refractivity contribution in [1.82, 2.24) is 4.72 Å². The summed E-state index contributed by atoms with van der Waals surface area (Å²) in [5.41, 5.74) is 0.454. The molecule has 0 amide bonds. The van der Waals surface area contributed by atoms with Gasteiger partial charge in [-0.3, -0.25) is 0 Å². The van der Waals surface area contributed by atoms with Gasteiger partial charge in [-0.2, -0.15) is 0 Å². The number of hydrogen-bond acceptors (Lipinski definition) is 5. The fraction of sp³-hybridized carbons (Fsp3) is 0.571. The standard InChI is InChI=1S/C14H21NO5S/c1-3-19-14-5-4-12(8-11(14)9-16)21(17,18)15-13-6-7-20-10(13)2/h4-5,8,10,13,15-16H,3,6-7,9H2,1-2H3. The Hall–Kier alpha value is -1.15. The highest BCUT2D eigenvalue weighted by atomic mass is 32.2. The normalized spacial score (nSPS) is 22.4. The maximum absolute atomic E-state index is 12.4. The van der Waals surface area contributed by atoms with E-state index in [2.05, 4.69) is 4.72 Å². The lowest BCUT2D eigenvalue weighted by atomic mass is 10.2. The van der Waals surface area contributed by atoms with Crippen molar-refractivity contribution < 1.29 is 23.0 Å². The van der Waals surface area contributed by atoms with E-state index >= 15 is 0 Å². The number of benzene rings is 1. The Morgan fingerprint density at radius 1 is 1.48 bits per heavy atom. The fourth-order valence-electron chi connectivity index (χ4n) is 2.30. The molecule has 2 atom stereocenters. The van der Waals surface area contributed by atoms with Gasteiger partial charge in [0.25, 0.3) is 0 Å². The van der Waals surface area contributed by atoms with Crippen LogP contribution < -0.4 is 9.46 Å². The molecule has 2 unspecified atom stereocenters. The van der Waals surface area contributed by atoms with Gasteiger partial charge in [0, 0.05) is 12.2 Å². The highest BCUT2D eigenvalue weighted by Crippen LogP contribution is 2.24. The molecule has 0 aromatic heterocycles. The highest BCUT2D eigenvalue weighted by Gasteiger charge is 2.29. The molecule has 1 aromatic rings. The number of rotatable bonds is 6. The fourth-order valence-corrected chi connectivity index (χ4v) is 3.69.